The van der Waals surface area contributed by atoms with E-state index < -0.39 is 0 Å². The maximum Gasteiger partial charge on any atom is 0.225 e. The van der Waals surface area contributed by atoms with Crippen LogP contribution >= 0.6 is 23.2 Å². The number of anilines is 1. The van der Waals surface area contributed by atoms with E-state index in [4.69, 9.17) is 32.7 Å². The third-order valence-electron chi connectivity index (χ3n) is 5.23. The second-order valence-corrected chi connectivity index (χ2v) is 8.00. The third kappa shape index (κ3) is 6.01. The Morgan fingerprint density at radius 3 is 2.30 bits per heavy atom. The summed E-state index contributed by atoms with van der Waals surface area (Å²) in [5.74, 6) is 1.61. The molecule has 0 spiro atoms. The van der Waals surface area contributed by atoms with Crippen molar-refractivity contribution in [2.75, 3.05) is 52.3 Å². The first kappa shape index (κ1) is 22.7. The van der Waals surface area contributed by atoms with Gasteiger partial charge in [-0.25, -0.2) is 0 Å². The van der Waals surface area contributed by atoms with Gasteiger partial charge in [0.25, 0.3) is 0 Å². The zero-order chi connectivity index (χ0) is 21.5. The number of rotatable bonds is 8. The molecule has 0 saturated carbocycles. The molecule has 2 aromatic rings. The van der Waals surface area contributed by atoms with Gasteiger partial charge >= 0.3 is 0 Å². The van der Waals surface area contributed by atoms with Crippen LogP contribution in [0.15, 0.2) is 36.4 Å². The highest BCUT2D eigenvalue weighted by Crippen LogP contribution is 2.30. The fourth-order valence-electron chi connectivity index (χ4n) is 3.50. The van der Waals surface area contributed by atoms with Gasteiger partial charge in [-0.05, 0) is 30.3 Å². The number of nitrogens with one attached hydrogen (secondary N) is 1. The maximum atomic E-state index is 12.3. The predicted octanol–water partition coefficient (Wildman–Crippen LogP) is 4.16. The summed E-state index contributed by atoms with van der Waals surface area (Å²) in [7, 11) is 3.35. The van der Waals surface area contributed by atoms with Crippen LogP contribution in [0, 0.1) is 0 Å². The van der Waals surface area contributed by atoms with Crippen LogP contribution in [0.5, 0.6) is 11.5 Å². The van der Waals surface area contributed by atoms with Crippen LogP contribution in [-0.2, 0) is 11.3 Å². The lowest BCUT2D eigenvalue weighted by Gasteiger charge is -2.34. The molecule has 162 valence electrons. The Hall–Kier alpha value is -1.99. The van der Waals surface area contributed by atoms with Crippen molar-refractivity contribution in [3.8, 4) is 11.5 Å². The molecule has 30 heavy (non-hydrogen) atoms. The Balaban J connectivity index is 1.45. The van der Waals surface area contributed by atoms with Crippen LogP contribution in [0.3, 0.4) is 0 Å². The minimum Gasteiger partial charge on any atom is -0.497 e. The molecule has 0 radical (unpaired) electrons. The van der Waals surface area contributed by atoms with Crippen molar-refractivity contribution in [1.29, 1.82) is 0 Å². The first-order valence-corrected chi connectivity index (χ1v) is 10.6. The predicted molar refractivity (Wildman–Crippen MR) is 121 cm³/mol. The van der Waals surface area contributed by atoms with Gasteiger partial charge in [0.2, 0.25) is 5.91 Å². The van der Waals surface area contributed by atoms with E-state index in [-0.39, 0.29) is 5.91 Å². The summed E-state index contributed by atoms with van der Waals surface area (Å²) in [6, 6.07) is 11.0. The molecule has 1 aliphatic heterocycles. The Morgan fingerprint density at radius 1 is 1.00 bits per heavy atom. The highest BCUT2D eigenvalue weighted by Gasteiger charge is 2.19. The second kappa shape index (κ2) is 10.9. The van der Waals surface area contributed by atoms with E-state index in [9.17, 15) is 4.79 Å². The van der Waals surface area contributed by atoms with Crippen LogP contribution in [-0.4, -0.2) is 62.7 Å². The number of hydrogen-bond acceptors (Lipinski definition) is 5. The van der Waals surface area contributed by atoms with Gasteiger partial charge in [0.15, 0.2) is 0 Å². The van der Waals surface area contributed by atoms with Crippen LogP contribution in [0.4, 0.5) is 5.69 Å². The number of halogens is 2. The molecule has 1 N–H and O–H groups in total. The van der Waals surface area contributed by atoms with Gasteiger partial charge in [-0.15, -0.1) is 0 Å². The molecule has 1 aliphatic rings. The average Bonchev–Trinajstić information content (AvgIpc) is 2.76. The molecule has 8 heteroatoms. The molecule has 0 aromatic heterocycles. The molecule has 3 rings (SSSR count). The van der Waals surface area contributed by atoms with Gasteiger partial charge < -0.3 is 19.7 Å². The summed E-state index contributed by atoms with van der Waals surface area (Å²) in [5, 5.41) is 3.70. The average molecular weight is 452 g/mol. The standard InChI is InChI=1S/C22H27Cl2N3O3/c1-29-17-6-7-20(30-2)16(14-17)15-27-12-10-26(11-13-27)9-8-21(28)25-22-18(23)4-3-5-19(22)24/h3-7,14H,8-13,15H2,1-2H3,(H,25,28). The molecule has 0 bridgehead atoms. The number of para-hydroxylation sites is 1. The lowest BCUT2D eigenvalue weighted by atomic mass is 10.1. The molecule has 1 fully saturated rings. The van der Waals surface area contributed by atoms with Gasteiger partial charge in [-0.2, -0.15) is 0 Å². The molecule has 6 nitrogen and oxygen atoms in total. The van der Waals surface area contributed by atoms with Crippen LogP contribution in [0.2, 0.25) is 10.0 Å². The molecule has 1 amide bonds. The molecular formula is C22H27Cl2N3O3. The van der Waals surface area contributed by atoms with Crippen molar-refractivity contribution in [1.82, 2.24) is 9.80 Å². The van der Waals surface area contributed by atoms with E-state index in [0.29, 0.717) is 28.7 Å². The lowest BCUT2D eigenvalue weighted by molar-refractivity contribution is -0.116. The first-order chi connectivity index (χ1) is 14.5. The van der Waals surface area contributed by atoms with E-state index in [1.165, 1.54) is 0 Å². The number of piperazine rings is 1. The minimum atomic E-state index is -0.0893. The zero-order valence-electron chi connectivity index (χ0n) is 17.3. The minimum absolute atomic E-state index is 0.0893. The highest BCUT2D eigenvalue weighted by atomic mass is 35.5. The number of amides is 1. The fraction of sp³-hybridized carbons (Fsp3) is 0.409. The summed E-state index contributed by atoms with van der Waals surface area (Å²) in [4.78, 5) is 17.0. The summed E-state index contributed by atoms with van der Waals surface area (Å²) in [6.07, 6.45) is 0.394. The van der Waals surface area contributed by atoms with Crippen molar-refractivity contribution in [2.24, 2.45) is 0 Å². The molecule has 1 heterocycles. The summed E-state index contributed by atoms with van der Waals surface area (Å²) in [6.45, 7) is 5.18. The Bertz CT molecular complexity index is 850. The van der Waals surface area contributed by atoms with E-state index >= 15 is 0 Å². The number of ether oxygens (including phenoxy) is 2. The number of hydrogen-bond donors (Lipinski definition) is 1. The van der Waals surface area contributed by atoms with Gasteiger partial charge in [0, 0.05) is 51.3 Å². The van der Waals surface area contributed by atoms with Gasteiger partial charge in [-0.1, -0.05) is 29.3 Å². The van der Waals surface area contributed by atoms with E-state index in [1.54, 1.807) is 32.4 Å². The normalized spacial score (nSPS) is 15.1. The Morgan fingerprint density at radius 2 is 1.67 bits per heavy atom. The lowest BCUT2D eigenvalue weighted by Crippen LogP contribution is -2.46. The topological polar surface area (TPSA) is 54.0 Å². The summed E-state index contributed by atoms with van der Waals surface area (Å²) in [5.41, 5.74) is 1.59. The summed E-state index contributed by atoms with van der Waals surface area (Å²) >= 11 is 12.2. The van der Waals surface area contributed by atoms with Crippen molar-refractivity contribution >= 4 is 34.8 Å². The maximum absolute atomic E-state index is 12.3. The second-order valence-electron chi connectivity index (χ2n) is 7.19. The van der Waals surface area contributed by atoms with Crippen molar-refractivity contribution in [3.63, 3.8) is 0 Å². The van der Waals surface area contributed by atoms with E-state index in [0.717, 1.165) is 49.8 Å². The largest absolute Gasteiger partial charge is 0.497 e. The van der Waals surface area contributed by atoms with Gasteiger partial charge in [0.1, 0.15) is 11.5 Å². The number of methoxy groups -OCH3 is 2. The molecule has 0 unspecified atom stereocenters. The quantitative estimate of drug-likeness (QED) is 0.652. The molecule has 0 aliphatic carbocycles. The number of benzene rings is 2. The third-order valence-corrected chi connectivity index (χ3v) is 5.86. The molecule has 1 saturated heterocycles. The van der Waals surface area contributed by atoms with Crippen molar-refractivity contribution in [2.45, 2.75) is 13.0 Å². The van der Waals surface area contributed by atoms with Gasteiger partial charge in [-0.3, -0.25) is 9.69 Å². The smallest absolute Gasteiger partial charge is 0.225 e. The molecule has 2 aromatic carbocycles. The van der Waals surface area contributed by atoms with Crippen LogP contribution in [0.1, 0.15) is 12.0 Å². The Labute approximate surface area is 187 Å². The summed E-state index contributed by atoms with van der Waals surface area (Å²) < 4.78 is 10.8. The van der Waals surface area contributed by atoms with Crippen LogP contribution < -0.4 is 14.8 Å². The highest BCUT2D eigenvalue weighted by molar-refractivity contribution is 6.39. The SMILES string of the molecule is COc1ccc(OC)c(CN2CCN(CCC(=O)Nc3c(Cl)cccc3Cl)CC2)c1. The number of carbonyl (C=O) groups is 1. The monoisotopic (exact) mass is 451 g/mol. The zero-order valence-corrected chi connectivity index (χ0v) is 18.8. The van der Waals surface area contributed by atoms with Gasteiger partial charge in [0.05, 0.1) is 30.0 Å². The number of nitrogens with zero attached hydrogens (tertiary/aromatic N) is 2. The van der Waals surface area contributed by atoms with E-state index in [1.807, 2.05) is 18.2 Å². The fourth-order valence-corrected chi connectivity index (χ4v) is 3.99. The molecular weight excluding hydrogens is 425 g/mol. The Kier molecular flexibility index (Phi) is 8.22. The molecule has 0 atom stereocenters. The van der Waals surface area contributed by atoms with Crippen molar-refractivity contribution < 1.29 is 14.3 Å². The van der Waals surface area contributed by atoms with Crippen LogP contribution in [0.25, 0.3) is 0 Å². The van der Waals surface area contributed by atoms with Crippen molar-refractivity contribution in [3.05, 3.63) is 52.0 Å². The van der Waals surface area contributed by atoms with E-state index in [2.05, 4.69) is 15.1 Å². The first-order valence-electron chi connectivity index (χ1n) is 9.89. The number of carbonyl (C=O) groups excluding carboxylic acids is 1.